The molecule has 0 bridgehead atoms. The predicted molar refractivity (Wildman–Crippen MR) is 88.7 cm³/mol. The predicted octanol–water partition coefficient (Wildman–Crippen LogP) is 2.89. The van der Waals surface area contributed by atoms with Crippen molar-refractivity contribution in [2.24, 2.45) is 0 Å². The monoisotopic (exact) mass is 310 g/mol. The minimum Gasteiger partial charge on any atom is -0.480 e. The second kappa shape index (κ2) is 6.12. The lowest BCUT2D eigenvalue weighted by molar-refractivity contribution is -0.141. The first-order chi connectivity index (χ1) is 11.1. The van der Waals surface area contributed by atoms with Gasteiger partial charge in [0.05, 0.1) is 17.6 Å². The fourth-order valence-electron chi connectivity index (χ4n) is 2.92. The Balaban J connectivity index is 2.21. The summed E-state index contributed by atoms with van der Waals surface area (Å²) in [5.41, 5.74) is 2.12. The van der Waals surface area contributed by atoms with Crippen LogP contribution in [-0.4, -0.2) is 20.2 Å². The molecule has 3 aromatic rings. The number of fused-ring (bicyclic) bond motifs is 1. The van der Waals surface area contributed by atoms with Crippen LogP contribution >= 0.6 is 0 Å². The number of nitrogens with zero attached hydrogens (tertiary/aromatic N) is 2. The molecule has 1 unspecified atom stereocenters. The van der Waals surface area contributed by atoms with Crippen molar-refractivity contribution in [3.63, 3.8) is 0 Å². The molecule has 0 aliphatic carbocycles. The number of hydrogen-bond donors (Lipinski definition) is 1. The van der Waals surface area contributed by atoms with E-state index in [-0.39, 0.29) is 5.69 Å². The first kappa shape index (κ1) is 15.1. The van der Waals surface area contributed by atoms with Crippen LogP contribution in [0, 0.1) is 0 Å². The molecule has 1 heterocycles. The van der Waals surface area contributed by atoms with Crippen LogP contribution in [0.25, 0.3) is 11.0 Å². The van der Waals surface area contributed by atoms with Gasteiger partial charge in [-0.1, -0.05) is 49.4 Å². The quantitative estimate of drug-likeness (QED) is 0.788. The van der Waals surface area contributed by atoms with Crippen LogP contribution in [0.5, 0.6) is 0 Å². The minimum atomic E-state index is -0.989. The van der Waals surface area contributed by atoms with Crippen molar-refractivity contribution >= 4 is 17.0 Å². The summed E-state index contributed by atoms with van der Waals surface area (Å²) in [4.78, 5) is 24.4. The molecule has 5 heteroatoms. The molecule has 0 amide bonds. The summed E-state index contributed by atoms with van der Waals surface area (Å²) in [6, 6.07) is 16.1. The molecule has 1 N–H and O–H groups in total. The molecule has 118 valence electrons. The molecule has 0 fully saturated rings. The number of hydrogen-bond acceptors (Lipinski definition) is 2. The first-order valence-electron chi connectivity index (χ1n) is 7.60. The molecule has 0 aliphatic rings. The SMILES string of the molecule is CCC(C(=O)O)n1c(=O)n(Cc2ccccc2)c2ccccc21. The Labute approximate surface area is 133 Å². The Morgan fingerprint density at radius 3 is 2.26 bits per heavy atom. The van der Waals surface area contributed by atoms with Crippen molar-refractivity contribution in [1.29, 1.82) is 0 Å². The van der Waals surface area contributed by atoms with Crippen molar-refractivity contribution in [3.05, 3.63) is 70.6 Å². The number of carbonyl (C=O) groups is 1. The summed E-state index contributed by atoms with van der Waals surface area (Å²) in [7, 11) is 0. The highest BCUT2D eigenvalue weighted by Crippen LogP contribution is 2.20. The van der Waals surface area contributed by atoms with Crippen LogP contribution in [0.1, 0.15) is 24.9 Å². The Hall–Kier alpha value is -2.82. The summed E-state index contributed by atoms with van der Waals surface area (Å²) in [6.45, 7) is 2.19. The Bertz CT molecular complexity index is 894. The number of benzene rings is 2. The Morgan fingerprint density at radius 2 is 1.65 bits per heavy atom. The average molecular weight is 310 g/mol. The lowest BCUT2D eigenvalue weighted by Crippen LogP contribution is -2.31. The van der Waals surface area contributed by atoms with E-state index in [9.17, 15) is 14.7 Å². The number of aromatic nitrogens is 2. The van der Waals surface area contributed by atoms with Gasteiger partial charge in [-0.2, -0.15) is 0 Å². The summed E-state index contributed by atoms with van der Waals surface area (Å²) < 4.78 is 3.02. The second-order valence-electron chi connectivity index (χ2n) is 5.48. The lowest BCUT2D eigenvalue weighted by Gasteiger charge is -2.11. The molecule has 0 radical (unpaired) electrons. The van der Waals surface area contributed by atoms with E-state index >= 15 is 0 Å². The van der Waals surface area contributed by atoms with E-state index in [1.165, 1.54) is 4.57 Å². The number of aliphatic carboxylic acids is 1. The van der Waals surface area contributed by atoms with E-state index in [2.05, 4.69) is 0 Å². The molecule has 0 saturated heterocycles. The van der Waals surface area contributed by atoms with Gasteiger partial charge in [-0.25, -0.2) is 9.59 Å². The van der Waals surface area contributed by atoms with Gasteiger partial charge in [0.25, 0.3) is 0 Å². The number of rotatable bonds is 5. The van der Waals surface area contributed by atoms with Crippen molar-refractivity contribution < 1.29 is 9.90 Å². The molecular weight excluding hydrogens is 292 g/mol. The van der Waals surface area contributed by atoms with Crippen LogP contribution in [0.2, 0.25) is 0 Å². The number of para-hydroxylation sites is 2. The number of imidazole rings is 1. The second-order valence-corrected chi connectivity index (χ2v) is 5.48. The summed E-state index contributed by atoms with van der Waals surface area (Å²) in [5, 5.41) is 9.44. The maximum absolute atomic E-state index is 12.9. The van der Waals surface area contributed by atoms with E-state index in [1.54, 1.807) is 17.6 Å². The standard InChI is InChI=1S/C18H18N2O3/c1-2-14(17(21)22)20-16-11-7-6-10-15(16)19(18(20)23)12-13-8-4-3-5-9-13/h3-11,14H,2,12H2,1H3,(H,21,22). The normalized spacial score (nSPS) is 12.4. The highest BCUT2D eigenvalue weighted by molar-refractivity contribution is 5.80. The third kappa shape index (κ3) is 2.65. The first-order valence-corrected chi connectivity index (χ1v) is 7.60. The van der Waals surface area contributed by atoms with Gasteiger partial charge in [0.1, 0.15) is 6.04 Å². The molecule has 1 atom stereocenters. The van der Waals surface area contributed by atoms with E-state index in [0.29, 0.717) is 18.5 Å². The maximum atomic E-state index is 12.9. The van der Waals surface area contributed by atoms with Gasteiger partial charge in [0.2, 0.25) is 0 Å². The molecular formula is C18H18N2O3. The largest absolute Gasteiger partial charge is 0.480 e. The third-order valence-electron chi connectivity index (χ3n) is 4.04. The lowest BCUT2D eigenvalue weighted by atomic mass is 10.2. The van der Waals surface area contributed by atoms with Crippen LogP contribution in [0.3, 0.4) is 0 Å². The molecule has 2 aromatic carbocycles. The van der Waals surface area contributed by atoms with Gasteiger partial charge in [-0.3, -0.25) is 9.13 Å². The molecule has 0 aliphatic heterocycles. The fraction of sp³-hybridized carbons (Fsp3) is 0.222. The van der Waals surface area contributed by atoms with Crippen molar-refractivity contribution in [2.45, 2.75) is 25.9 Å². The number of carboxylic acids is 1. The number of carboxylic acid groups (broad SMARTS) is 1. The van der Waals surface area contributed by atoms with Crippen LogP contribution < -0.4 is 5.69 Å². The van der Waals surface area contributed by atoms with Gasteiger partial charge in [-0.15, -0.1) is 0 Å². The highest BCUT2D eigenvalue weighted by atomic mass is 16.4. The molecule has 0 spiro atoms. The van der Waals surface area contributed by atoms with Gasteiger partial charge < -0.3 is 5.11 Å². The van der Waals surface area contributed by atoms with Crippen molar-refractivity contribution in [2.75, 3.05) is 0 Å². The minimum absolute atomic E-state index is 0.288. The van der Waals surface area contributed by atoms with Crippen molar-refractivity contribution in [1.82, 2.24) is 9.13 Å². The molecule has 5 nitrogen and oxygen atoms in total. The van der Waals surface area contributed by atoms with Crippen LogP contribution in [0.4, 0.5) is 0 Å². The molecule has 1 aromatic heterocycles. The molecule has 3 rings (SSSR count). The molecule has 0 saturated carbocycles. The zero-order valence-electron chi connectivity index (χ0n) is 12.8. The Morgan fingerprint density at radius 1 is 1.04 bits per heavy atom. The zero-order valence-corrected chi connectivity index (χ0v) is 12.8. The topological polar surface area (TPSA) is 64.2 Å². The Kier molecular flexibility index (Phi) is 4.02. The van der Waals surface area contributed by atoms with E-state index in [0.717, 1.165) is 11.1 Å². The third-order valence-corrected chi connectivity index (χ3v) is 4.04. The summed E-state index contributed by atoms with van der Waals surface area (Å²) in [6.07, 6.45) is 0.356. The van der Waals surface area contributed by atoms with Crippen molar-refractivity contribution in [3.8, 4) is 0 Å². The maximum Gasteiger partial charge on any atom is 0.330 e. The summed E-state index contributed by atoms with van der Waals surface area (Å²) in [5.74, 6) is -0.989. The van der Waals surface area contributed by atoms with Gasteiger partial charge >= 0.3 is 11.7 Å². The summed E-state index contributed by atoms with van der Waals surface area (Å²) >= 11 is 0. The average Bonchev–Trinajstić information content (AvgIpc) is 2.83. The zero-order chi connectivity index (χ0) is 16.4. The van der Waals surface area contributed by atoms with E-state index < -0.39 is 12.0 Å². The smallest absolute Gasteiger partial charge is 0.330 e. The van der Waals surface area contributed by atoms with Gasteiger partial charge in [0, 0.05) is 0 Å². The van der Waals surface area contributed by atoms with E-state index in [1.807, 2.05) is 48.5 Å². The fourth-order valence-corrected chi connectivity index (χ4v) is 2.92. The van der Waals surface area contributed by atoms with Gasteiger partial charge in [-0.05, 0) is 24.1 Å². The van der Waals surface area contributed by atoms with Crippen LogP contribution in [0.15, 0.2) is 59.4 Å². The van der Waals surface area contributed by atoms with E-state index in [4.69, 9.17) is 0 Å². The van der Waals surface area contributed by atoms with Crippen LogP contribution in [-0.2, 0) is 11.3 Å². The highest BCUT2D eigenvalue weighted by Gasteiger charge is 2.24. The molecule has 23 heavy (non-hydrogen) atoms. The van der Waals surface area contributed by atoms with Gasteiger partial charge in [0.15, 0.2) is 0 Å².